The number of benzene rings is 1. The Kier molecular flexibility index (Phi) is 7.66. The molecule has 9 heteroatoms. The van der Waals surface area contributed by atoms with Crippen molar-refractivity contribution in [2.75, 3.05) is 48.8 Å². The molecule has 1 aromatic carbocycles. The van der Waals surface area contributed by atoms with Crippen molar-refractivity contribution < 1.29 is 13.9 Å². The van der Waals surface area contributed by atoms with Crippen molar-refractivity contribution in [3.8, 4) is 0 Å². The van der Waals surface area contributed by atoms with Crippen LogP contribution in [0.1, 0.15) is 44.6 Å². The van der Waals surface area contributed by atoms with Gasteiger partial charge in [0.05, 0.1) is 12.1 Å². The van der Waals surface area contributed by atoms with E-state index in [1.807, 2.05) is 6.07 Å². The second-order valence-electron chi connectivity index (χ2n) is 12.3. The van der Waals surface area contributed by atoms with E-state index in [1.165, 1.54) is 18.3 Å². The number of fused-ring (bicyclic) bond motifs is 2. The molecule has 1 aromatic heterocycles. The number of esters is 1. The molecule has 0 amide bonds. The Morgan fingerprint density at radius 3 is 2.67 bits per heavy atom. The Morgan fingerprint density at radius 2 is 1.90 bits per heavy atom. The molecule has 2 aromatic rings. The monoisotopic (exact) mass is 548 g/mol. The molecule has 214 valence electrons. The number of piperazine rings is 1. The minimum absolute atomic E-state index is 0.0160. The van der Waals surface area contributed by atoms with Gasteiger partial charge >= 0.3 is 5.97 Å². The summed E-state index contributed by atoms with van der Waals surface area (Å²) in [7, 11) is 2.15. The third kappa shape index (κ3) is 5.66. The van der Waals surface area contributed by atoms with E-state index in [4.69, 9.17) is 4.74 Å². The largest absolute Gasteiger partial charge is 0.462 e. The van der Waals surface area contributed by atoms with Crippen LogP contribution >= 0.6 is 0 Å². The van der Waals surface area contributed by atoms with Crippen molar-refractivity contribution in [3.05, 3.63) is 47.9 Å². The second kappa shape index (κ2) is 11.4. The summed E-state index contributed by atoms with van der Waals surface area (Å²) in [5.74, 6) is 0.201. The lowest BCUT2D eigenvalue weighted by atomic mass is 9.87. The van der Waals surface area contributed by atoms with E-state index in [0.717, 1.165) is 63.1 Å². The zero-order chi connectivity index (χ0) is 27.8. The van der Waals surface area contributed by atoms with Crippen LogP contribution in [0, 0.1) is 36.4 Å². The molecular formula is C31H41FN6O2. The number of nitrogens with zero attached hydrogens (tertiary/aromatic N) is 4. The van der Waals surface area contributed by atoms with Gasteiger partial charge in [-0.15, -0.1) is 0 Å². The van der Waals surface area contributed by atoms with Crippen LogP contribution in [0.2, 0.25) is 0 Å². The van der Waals surface area contributed by atoms with E-state index < -0.39 is 5.82 Å². The Hall–Kier alpha value is -3.20. The van der Waals surface area contributed by atoms with Crippen LogP contribution in [0.15, 0.2) is 36.5 Å². The number of aryl methyl sites for hydroxylation is 1. The van der Waals surface area contributed by atoms with Gasteiger partial charge in [-0.2, -0.15) is 4.98 Å². The lowest BCUT2D eigenvalue weighted by Crippen LogP contribution is -2.44. The van der Waals surface area contributed by atoms with Crippen molar-refractivity contribution in [1.29, 1.82) is 0 Å². The number of anilines is 4. The van der Waals surface area contributed by atoms with Crippen molar-refractivity contribution in [3.63, 3.8) is 0 Å². The lowest BCUT2D eigenvalue weighted by Gasteiger charge is -2.35. The van der Waals surface area contributed by atoms with Crippen LogP contribution < -0.4 is 15.5 Å². The third-order valence-corrected chi connectivity index (χ3v) is 9.25. The van der Waals surface area contributed by atoms with Crippen LogP contribution in [-0.2, 0) is 9.53 Å². The summed E-state index contributed by atoms with van der Waals surface area (Å²) in [6, 6.07) is 5.95. The summed E-state index contributed by atoms with van der Waals surface area (Å²) >= 11 is 0. The minimum atomic E-state index is -0.535. The molecule has 40 heavy (non-hydrogen) atoms. The molecule has 3 fully saturated rings. The van der Waals surface area contributed by atoms with Gasteiger partial charge in [0.15, 0.2) is 11.6 Å². The molecule has 1 saturated heterocycles. The first-order valence-electron chi connectivity index (χ1n) is 14.8. The molecule has 0 spiro atoms. The fourth-order valence-corrected chi connectivity index (χ4v) is 7.02. The quantitative estimate of drug-likeness (QED) is 0.364. The van der Waals surface area contributed by atoms with Gasteiger partial charge in [-0.3, -0.25) is 4.79 Å². The van der Waals surface area contributed by atoms with E-state index in [2.05, 4.69) is 75.6 Å². The van der Waals surface area contributed by atoms with Crippen molar-refractivity contribution in [2.24, 2.45) is 23.7 Å². The number of rotatable bonds is 7. The fraction of sp³-hybridized carbons (Fsp3) is 0.581. The number of ether oxygens (including phenoxy) is 1. The fourth-order valence-electron chi connectivity index (χ4n) is 7.02. The first-order chi connectivity index (χ1) is 19.3. The van der Waals surface area contributed by atoms with Crippen LogP contribution in [0.3, 0.4) is 0 Å². The number of likely N-dealkylation sites (N-methyl/N-ethyl adjacent to an activating group) is 1. The van der Waals surface area contributed by atoms with Crippen molar-refractivity contribution in [1.82, 2.24) is 14.9 Å². The molecule has 2 N–H and O–H groups in total. The normalized spacial score (nSPS) is 29.9. The highest BCUT2D eigenvalue weighted by molar-refractivity contribution is 5.76. The summed E-state index contributed by atoms with van der Waals surface area (Å²) in [6.45, 7) is 8.44. The Bertz CT molecular complexity index is 1260. The predicted octanol–water partition coefficient (Wildman–Crippen LogP) is 5.14. The van der Waals surface area contributed by atoms with Crippen LogP contribution in [0.5, 0.6) is 0 Å². The third-order valence-electron chi connectivity index (χ3n) is 9.25. The van der Waals surface area contributed by atoms with E-state index in [1.54, 1.807) is 0 Å². The highest BCUT2D eigenvalue weighted by atomic mass is 19.1. The standard InChI is InChI=1S/C31H41FN6O2/c1-19-5-4-6-24(15-19)40-30(39)27-21-7-8-22(17-21)28(27)35-29-25(32)18-33-31(36-29)34-23-9-10-26(20(2)16-23)38-13-11-37(3)12-14-38/h7-10,16,18-19,21-22,24,27-28H,4-6,11-15,17H2,1-3H3,(H2,33,34,35,36). The summed E-state index contributed by atoms with van der Waals surface area (Å²) in [5, 5.41) is 6.52. The molecule has 8 nitrogen and oxygen atoms in total. The number of halogens is 1. The topological polar surface area (TPSA) is 82.6 Å². The van der Waals surface area contributed by atoms with Gasteiger partial charge < -0.3 is 25.2 Å². The van der Waals surface area contributed by atoms with Gasteiger partial charge in [-0.05, 0) is 81.2 Å². The average molecular weight is 549 g/mol. The van der Waals surface area contributed by atoms with Crippen LogP contribution in [0.25, 0.3) is 0 Å². The predicted molar refractivity (Wildman–Crippen MR) is 155 cm³/mol. The number of nitrogens with one attached hydrogen (secondary N) is 2. The maximum atomic E-state index is 14.9. The lowest BCUT2D eigenvalue weighted by molar-refractivity contribution is -0.157. The molecule has 6 unspecified atom stereocenters. The van der Waals surface area contributed by atoms with Gasteiger partial charge in [0.2, 0.25) is 5.95 Å². The summed E-state index contributed by atoms with van der Waals surface area (Å²) < 4.78 is 21.0. The first kappa shape index (κ1) is 27.0. The maximum Gasteiger partial charge on any atom is 0.311 e. The Morgan fingerprint density at radius 1 is 1.10 bits per heavy atom. The minimum Gasteiger partial charge on any atom is -0.462 e. The maximum absolute atomic E-state index is 14.9. The number of aromatic nitrogens is 2. The number of hydrogen-bond donors (Lipinski definition) is 2. The van der Waals surface area contributed by atoms with Gasteiger partial charge in [0.1, 0.15) is 6.10 Å². The van der Waals surface area contributed by atoms with E-state index in [0.29, 0.717) is 11.9 Å². The van der Waals surface area contributed by atoms with Crippen LogP contribution in [0.4, 0.5) is 27.5 Å². The molecule has 3 aliphatic carbocycles. The molecule has 4 aliphatic rings. The second-order valence-corrected chi connectivity index (χ2v) is 12.3. The summed E-state index contributed by atoms with van der Waals surface area (Å²) in [6.07, 6.45) is 10.4. The smallest absolute Gasteiger partial charge is 0.311 e. The summed E-state index contributed by atoms with van der Waals surface area (Å²) in [5.41, 5.74) is 3.24. The number of allylic oxidation sites excluding steroid dienone is 1. The molecular weight excluding hydrogens is 507 g/mol. The van der Waals surface area contributed by atoms with Gasteiger partial charge in [0.25, 0.3) is 0 Å². The first-order valence-corrected chi connectivity index (χ1v) is 14.8. The van der Waals surface area contributed by atoms with Crippen LogP contribution in [-0.4, -0.2) is 66.2 Å². The molecule has 1 aliphatic heterocycles. The zero-order valence-corrected chi connectivity index (χ0v) is 23.8. The number of carbonyl (C=O) groups excluding carboxylic acids is 1. The summed E-state index contributed by atoms with van der Waals surface area (Å²) in [4.78, 5) is 26.8. The van der Waals surface area contributed by atoms with E-state index in [-0.39, 0.29) is 41.7 Å². The molecule has 2 saturated carbocycles. The number of hydrogen-bond acceptors (Lipinski definition) is 8. The zero-order valence-electron chi connectivity index (χ0n) is 23.8. The van der Waals surface area contributed by atoms with Crippen molar-refractivity contribution >= 4 is 29.1 Å². The molecule has 2 heterocycles. The Balaban J connectivity index is 1.14. The van der Waals surface area contributed by atoms with E-state index >= 15 is 0 Å². The average Bonchev–Trinajstić information content (AvgIpc) is 3.53. The van der Waals surface area contributed by atoms with Gasteiger partial charge in [0, 0.05) is 43.6 Å². The molecule has 2 bridgehead atoms. The van der Waals surface area contributed by atoms with Crippen molar-refractivity contribution in [2.45, 2.75) is 58.1 Å². The number of carbonyl (C=O) groups is 1. The Labute approximate surface area is 236 Å². The van der Waals surface area contributed by atoms with Gasteiger partial charge in [-0.25, -0.2) is 9.37 Å². The van der Waals surface area contributed by atoms with E-state index in [9.17, 15) is 9.18 Å². The highest BCUT2D eigenvalue weighted by Crippen LogP contribution is 2.46. The molecule has 6 atom stereocenters. The SMILES string of the molecule is Cc1cc(Nc2ncc(F)c(NC3C4C=CC(C4)C3C(=O)OC3CCCC(C)C3)n2)ccc1N1CCN(C)CC1. The van der Waals surface area contributed by atoms with Gasteiger partial charge in [-0.1, -0.05) is 25.5 Å². The highest BCUT2D eigenvalue weighted by Gasteiger charge is 2.50. The molecule has 0 radical (unpaired) electrons. The molecule has 6 rings (SSSR count).